The number of halogens is 2. The zero-order valence-electron chi connectivity index (χ0n) is 10.2. The second-order valence-electron chi connectivity index (χ2n) is 4.28. The summed E-state index contributed by atoms with van der Waals surface area (Å²) in [5.41, 5.74) is -0.272. The van der Waals surface area contributed by atoms with E-state index < -0.39 is 25.2 Å². The normalized spacial score (nSPS) is 23.5. The lowest BCUT2D eigenvalue weighted by Crippen LogP contribution is -2.36. The lowest BCUT2D eigenvalue weighted by Gasteiger charge is -2.20. The van der Waals surface area contributed by atoms with E-state index in [1.165, 1.54) is 18.9 Å². The lowest BCUT2D eigenvalue weighted by atomic mass is 9.98. The van der Waals surface area contributed by atoms with Gasteiger partial charge in [0, 0.05) is 7.05 Å². The number of likely N-dealkylation sites (N-methyl/N-ethyl adjacent to an activating group) is 1. The lowest BCUT2D eigenvalue weighted by molar-refractivity contribution is -0.126. The van der Waals surface area contributed by atoms with E-state index in [2.05, 4.69) is 4.65 Å². The topological polar surface area (TPSA) is 46.6 Å². The molecule has 0 aliphatic carbocycles. The van der Waals surface area contributed by atoms with Crippen molar-refractivity contribution >= 4 is 19.2 Å². The molecule has 1 atom stereocenters. The number of carbonyl (C=O) groups excluding carboxylic acids is 2. The van der Waals surface area contributed by atoms with Gasteiger partial charge in [0.25, 0.3) is 5.91 Å². The second kappa shape index (κ2) is 4.85. The van der Waals surface area contributed by atoms with Gasteiger partial charge < -0.3 is 9.55 Å². The number of allylic oxidation sites excluding steroid dienone is 1. The van der Waals surface area contributed by atoms with Crippen molar-refractivity contribution in [3.8, 4) is 0 Å². The molecule has 7 heteroatoms. The van der Waals surface area contributed by atoms with Gasteiger partial charge in [-0.1, -0.05) is 13.8 Å². The van der Waals surface area contributed by atoms with Gasteiger partial charge >= 0.3 is 7.47 Å². The molecule has 0 bridgehead atoms. The summed E-state index contributed by atoms with van der Waals surface area (Å²) in [5.74, 6) is -1.41. The van der Waals surface area contributed by atoms with Gasteiger partial charge in [-0.25, -0.2) is 8.63 Å². The summed E-state index contributed by atoms with van der Waals surface area (Å²) in [4.78, 5) is 25.0. The van der Waals surface area contributed by atoms with E-state index in [0.29, 0.717) is 0 Å². The fourth-order valence-electron chi connectivity index (χ4n) is 2.00. The number of likely N-dealkylation sites (tertiary alicyclic amines) is 1. The molecule has 0 spiro atoms. The van der Waals surface area contributed by atoms with Crippen molar-refractivity contribution in [2.45, 2.75) is 26.8 Å². The zero-order chi connectivity index (χ0) is 13.3. The standard InChI is InChI=1S/C10H14BF2NO3/c1-5(2)8-9(15)7(10(16)14(8)4)6(3)17-11(12)13/h5,8H,1-4H3. The third kappa shape index (κ3) is 2.48. The maximum atomic E-state index is 12.1. The maximum Gasteiger partial charge on any atom is 0.796 e. The van der Waals surface area contributed by atoms with Gasteiger partial charge in [0.2, 0.25) is 0 Å². The number of Topliss-reactive ketones (excluding diaryl/α,β-unsaturated/α-hetero) is 1. The molecule has 1 rings (SSSR count). The summed E-state index contributed by atoms with van der Waals surface area (Å²) in [5, 5.41) is 0. The van der Waals surface area contributed by atoms with Gasteiger partial charge in [0.1, 0.15) is 5.57 Å². The summed E-state index contributed by atoms with van der Waals surface area (Å²) in [7, 11) is -1.56. The Kier molecular flexibility index (Phi) is 3.90. The highest BCUT2D eigenvalue weighted by atomic mass is 19.2. The van der Waals surface area contributed by atoms with E-state index in [-0.39, 0.29) is 17.3 Å². The monoisotopic (exact) mass is 245 g/mol. The summed E-state index contributed by atoms with van der Waals surface area (Å²) in [6.45, 7) is 4.78. The molecule has 17 heavy (non-hydrogen) atoms. The van der Waals surface area contributed by atoms with Crippen LogP contribution in [-0.2, 0) is 14.2 Å². The molecular weight excluding hydrogens is 231 g/mol. The Morgan fingerprint density at radius 1 is 1.41 bits per heavy atom. The highest BCUT2D eigenvalue weighted by Gasteiger charge is 2.44. The zero-order valence-corrected chi connectivity index (χ0v) is 10.2. The molecule has 1 amide bonds. The van der Waals surface area contributed by atoms with Crippen molar-refractivity contribution in [1.82, 2.24) is 4.90 Å². The first-order valence-electron chi connectivity index (χ1n) is 5.24. The van der Waals surface area contributed by atoms with Crippen LogP contribution in [0.4, 0.5) is 8.63 Å². The first kappa shape index (κ1) is 13.7. The predicted octanol–water partition coefficient (Wildman–Crippen LogP) is 1.27. The van der Waals surface area contributed by atoms with E-state index >= 15 is 0 Å². The molecule has 0 saturated carbocycles. The number of hydrogen-bond donors (Lipinski definition) is 0. The Hall–Kier alpha value is -1.40. The van der Waals surface area contributed by atoms with Crippen LogP contribution in [0.15, 0.2) is 11.3 Å². The summed E-state index contributed by atoms with van der Waals surface area (Å²) >= 11 is 0. The molecule has 0 aromatic rings. The van der Waals surface area contributed by atoms with Crippen LogP contribution in [0.3, 0.4) is 0 Å². The van der Waals surface area contributed by atoms with Crippen molar-refractivity contribution in [1.29, 1.82) is 0 Å². The van der Waals surface area contributed by atoms with E-state index in [0.717, 1.165) is 0 Å². The Labute approximate surface area is 98.8 Å². The molecular formula is C10H14BF2NO3. The first-order valence-corrected chi connectivity index (χ1v) is 5.24. The van der Waals surface area contributed by atoms with Gasteiger partial charge in [-0.15, -0.1) is 0 Å². The van der Waals surface area contributed by atoms with Crippen molar-refractivity contribution < 1.29 is 22.9 Å². The Balaban J connectivity index is 3.11. The van der Waals surface area contributed by atoms with Crippen LogP contribution >= 0.6 is 0 Å². The molecule has 94 valence electrons. The van der Waals surface area contributed by atoms with Gasteiger partial charge in [0.15, 0.2) is 5.78 Å². The summed E-state index contributed by atoms with van der Waals surface area (Å²) in [6, 6.07) is -0.603. The number of carbonyl (C=O) groups is 2. The van der Waals surface area contributed by atoms with Crippen LogP contribution in [-0.4, -0.2) is 37.1 Å². The third-order valence-electron chi connectivity index (χ3n) is 2.72. The molecule has 1 saturated heterocycles. The number of amides is 1. The highest BCUT2D eigenvalue weighted by Crippen LogP contribution is 2.27. The highest BCUT2D eigenvalue weighted by molar-refractivity contribution is 6.35. The quantitative estimate of drug-likeness (QED) is 0.325. The molecule has 0 radical (unpaired) electrons. The summed E-state index contributed by atoms with van der Waals surface area (Å²) < 4.78 is 28.2. The Morgan fingerprint density at radius 3 is 2.29 bits per heavy atom. The fraction of sp³-hybridized carbons (Fsp3) is 0.600. The van der Waals surface area contributed by atoms with Crippen molar-refractivity contribution in [2.24, 2.45) is 5.92 Å². The average Bonchev–Trinajstić information content (AvgIpc) is 2.36. The van der Waals surface area contributed by atoms with Crippen LogP contribution < -0.4 is 0 Å². The van der Waals surface area contributed by atoms with Gasteiger partial charge in [-0.2, -0.15) is 0 Å². The van der Waals surface area contributed by atoms with Gasteiger partial charge in [-0.05, 0) is 12.8 Å². The fourth-order valence-corrected chi connectivity index (χ4v) is 2.00. The number of hydrogen-bond acceptors (Lipinski definition) is 3. The van der Waals surface area contributed by atoms with Crippen LogP contribution in [0.1, 0.15) is 20.8 Å². The molecule has 1 unspecified atom stereocenters. The van der Waals surface area contributed by atoms with Crippen molar-refractivity contribution in [2.75, 3.05) is 7.05 Å². The summed E-state index contributed by atoms with van der Waals surface area (Å²) in [6.07, 6.45) is 0. The maximum absolute atomic E-state index is 12.1. The molecule has 1 fully saturated rings. The van der Waals surface area contributed by atoms with Crippen LogP contribution in [0.5, 0.6) is 0 Å². The van der Waals surface area contributed by atoms with Crippen LogP contribution in [0.2, 0.25) is 0 Å². The van der Waals surface area contributed by atoms with Crippen molar-refractivity contribution in [3.63, 3.8) is 0 Å². The van der Waals surface area contributed by atoms with Crippen molar-refractivity contribution in [3.05, 3.63) is 11.3 Å². The van der Waals surface area contributed by atoms with E-state index in [9.17, 15) is 18.2 Å². The smallest absolute Gasteiger partial charge is 0.508 e. The molecule has 0 aromatic carbocycles. The number of nitrogens with zero attached hydrogens (tertiary/aromatic N) is 1. The molecule has 0 N–H and O–H groups in total. The van der Waals surface area contributed by atoms with Crippen LogP contribution in [0, 0.1) is 5.92 Å². The van der Waals surface area contributed by atoms with E-state index in [1.54, 1.807) is 13.8 Å². The Bertz CT molecular complexity index is 382. The average molecular weight is 245 g/mol. The molecule has 4 nitrogen and oxygen atoms in total. The largest absolute Gasteiger partial charge is 0.796 e. The molecule has 1 heterocycles. The van der Waals surface area contributed by atoms with E-state index in [1.807, 2.05) is 0 Å². The van der Waals surface area contributed by atoms with Gasteiger partial charge in [-0.3, -0.25) is 9.59 Å². The van der Waals surface area contributed by atoms with E-state index in [4.69, 9.17) is 0 Å². The molecule has 1 aliphatic heterocycles. The molecule has 0 aromatic heterocycles. The first-order chi connectivity index (χ1) is 7.77. The second-order valence-corrected chi connectivity index (χ2v) is 4.28. The number of rotatable bonds is 3. The van der Waals surface area contributed by atoms with Gasteiger partial charge in [0.05, 0.1) is 11.8 Å². The van der Waals surface area contributed by atoms with Crippen LogP contribution in [0.25, 0.3) is 0 Å². The molecule has 1 aliphatic rings. The minimum absolute atomic E-state index is 0.0756. The minimum Gasteiger partial charge on any atom is -0.508 e. The Morgan fingerprint density at radius 2 is 1.94 bits per heavy atom. The number of ketones is 1. The SMILES string of the molecule is CC(OB(F)F)=C1C(=O)C(C(C)C)N(C)C1=O. The predicted molar refractivity (Wildman–Crippen MR) is 58.2 cm³/mol. The minimum atomic E-state index is -3.04. The third-order valence-corrected chi connectivity index (χ3v) is 2.72.